The first-order valence-corrected chi connectivity index (χ1v) is 12.1. The van der Waals surface area contributed by atoms with Crippen LogP contribution < -0.4 is 15.1 Å². The number of fused-ring (bicyclic) bond motifs is 3. The third-order valence-electron chi connectivity index (χ3n) is 7.11. The second-order valence-corrected chi connectivity index (χ2v) is 10.3. The van der Waals surface area contributed by atoms with Gasteiger partial charge in [-0.25, -0.2) is 4.79 Å². The number of amides is 2. The van der Waals surface area contributed by atoms with E-state index < -0.39 is 5.63 Å². The first kappa shape index (κ1) is 25.0. The number of hydrogen-bond donors (Lipinski definition) is 0. The molecule has 4 rings (SSSR count). The highest BCUT2D eigenvalue weighted by Gasteiger charge is 2.31. The normalized spacial score (nSPS) is 17.6. The number of benzene rings is 1. The Morgan fingerprint density at radius 3 is 2.51 bits per heavy atom. The van der Waals surface area contributed by atoms with Gasteiger partial charge in [0.1, 0.15) is 22.7 Å². The number of aryl methyl sites for hydroxylation is 2. The average Bonchev–Trinajstić information content (AvgIpc) is 2.80. The summed E-state index contributed by atoms with van der Waals surface area (Å²) < 4.78 is 17.9. The molecule has 9 heteroatoms. The Bertz CT molecular complexity index is 1210. The molecule has 2 aromatic rings. The van der Waals surface area contributed by atoms with Crippen molar-refractivity contribution in [1.82, 2.24) is 14.7 Å². The van der Waals surface area contributed by atoms with Crippen LogP contribution in [0, 0.1) is 13.8 Å². The second kappa shape index (κ2) is 9.53. The molecule has 1 aromatic heterocycles. The maximum Gasteiger partial charge on any atom is 0.339 e. The van der Waals surface area contributed by atoms with Crippen LogP contribution in [0.25, 0.3) is 11.0 Å². The molecule has 1 saturated heterocycles. The molecule has 9 nitrogen and oxygen atoms in total. The fourth-order valence-electron chi connectivity index (χ4n) is 4.54. The average molecular weight is 486 g/mol. The topological polar surface area (TPSA) is 92.5 Å². The standard InChI is InChI=1S/C26H35N3O6/c1-16-17(2)25(32)34-24-18-7-8-26(3,4)35-19(18)13-20(23(16)24)33-15-22(31)28(6)14-21(30)29-11-9-27(5)10-12-29/h13H,7-12,14-15H2,1-6H3. The van der Waals surface area contributed by atoms with E-state index >= 15 is 0 Å². The van der Waals surface area contributed by atoms with Gasteiger partial charge in [0.2, 0.25) is 5.91 Å². The molecule has 35 heavy (non-hydrogen) atoms. The molecule has 0 unspecified atom stereocenters. The largest absolute Gasteiger partial charge is 0.487 e. The van der Waals surface area contributed by atoms with Gasteiger partial charge in [-0.2, -0.15) is 0 Å². The van der Waals surface area contributed by atoms with E-state index in [0.29, 0.717) is 47.5 Å². The van der Waals surface area contributed by atoms with E-state index in [1.165, 1.54) is 4.90 Å². The lowest BCUT2D eigenvalue weighted by molar-refractivity contribution is -0.141. The van der Waals surface area contributed by atoms with Crippen molar-refractivity contribution in [3.8, 4) is 11.5 Å². The molecule has 0 aliphatic carbocycles. The maximum atomic E-state index is 12.8. The Kier molecular flexibility index (Phi) is 6.81. The summed E-state index contributed by atoms with van der Waals surface area (Å²) in [5.41, 5.74) is 1.79. The molecule has 0 N–H and O–H groups in total. The van der Waals surface area contributed by atoms with Gasteiger partial charge in [0.25, 0.3) is 5.91 Å². The van der Waals surface area contributed by atoms with Crippen molar-refractivity contribution < 1.29 is 23.5 Å². The van der Waals surface area contributed by atoms with Crippen LogP contribution in [0.15, 0.2) is 15.3 Å². The summed E-state index contributed by atoms with van der Waals surface area (Å²) in [6.45, 7) is 10.3. The van der Waals surface area contributed by atoms with Crippen LogP contribution in [0.2, 0.25) is 0 Å². The molecule has 0 radical (unpaired) electrons. The zero-order chi connectivity index (χ0) is 25.5. The van der Waals surface area contributed by atoms with E-state index in [-0.39, 0.29) is 30.6 Å². The minimum atomic E-state index is -0.391. The molecule has 0 spiro atoms. The Morgan fingerprint density at radius 1 is 1.14 bits per heavy atom. The second-order valence-electron chi connectivity index (χ2n) is 10.3. The lowest BCUT2D eigenvalue weighted by atomic mass is 9.92. The van der Waals surface area contributed by atoms with Crippen molar-refractivity contribution in [2.45, 2.75) is 46.1 Å². The summed E-state index contributed by atoms with van der Waals surface area (Å²) in [4.78, 5) is 43.2. The van der Waals surface area contributed by atoms with Crippen LogP contribution in [0.1, 0.15) is 37.0 Å². The van der Waals surface area contributed by atoms with Gasteiger partial charge in [-0.15, -0.1) is 0 Å². The van der Waals surface area contributed by atoms with E-state index in [2.05, 4.69) is 4.90 Å². The summed E-state index contributed by atoms with van der Waals surface area (Å²) in [6.07, 6.45) is 1.50. The van der Waals surface area contributed by atoms with Crippen LogP contribution in [-0.4, -0.2) is 85.5 Å². The van der Waals surface area contributed by atoms with Gasteiger partial charge in [-0.1, -0.05) is 0 Å². The minimum Gasteiger partial charge on any atom is -0.487 e. The highest BCUT2D eigenvalue weighted by molar-refractivity contribution is 5.92. The number of piperazine rings is 1. The Morgan fingerprint density at radius 2 is 1.83 bits per heavy atom. The summed E-state index contributed by atoms with van der Waals surface area (Å²) in [5.74, 6) is 0.637. The minimum absolute atomic E-state index is 0.00115. The number of nitrogens with zero attached hydrogens (tertiary/aromatic N) is 3. The van der Waals surface area contributed by atoms with Crippen LogP contribution in [0.4, 0.5) is 0 Å². The van der Waals surface area contributed by atoms with Gasteiger partial charge < -0.3 is 28.6 Å². The quantitative estimate of drug-likeness (QED) is 0.599. The number of hydrogen-bond acceptors (Lipinski definition) is 7. The lowest BCUT2D eigenvalue weighted by Crippen LogP contribution is -2.50. The summed E-state index contributed by atoms with van der Waals surface area (Å²) in [6, 6.07) is 1.79. The van der Waals surface area contributed by atoms with Gasteiger partial charge in [-0.3, -0.25) is 9.59 Å². The monoisotopic (exact) mass is 485 g/mol. The van der Waals surface area contributed by atoms with Crippen molar-refractivity contribution in [2.75, 3.05) is 53.4 Å². The molecule has 2 aliphatic heterocycles. The number of likely N-dealkylation sites (N-methyl/N-ethyl adjacent to an activating group) is 2. The molecular weight excluding hydrogens is 450 g/mol. The molecule has 3 heterocycles. The highest BCUT2D eigenvalue weighted by Crippen LogP contribution is 2.43. The molecule has 2 aliphatic rings. The Hall–Kier alpha value is -3.07. The van der Waals surface area contributed by atoms with Crippen molar-refractivity contribution in [3.05, 3.63) is 33.2 Å². The predicted octanol–water partition coefficient (Wildman–Crippen LogP) is 2.12. The number of carbonyl (C=O) groups excluding carboxylic acids is 2. The number of rotatable bonds is 5. The zero-order valence-electron chi connectivity index (χ0n) is 21.5. The van der Waals surface area contributed by atoms with E-state index in [4.69, 9.17) is 13.9 Å². The van der Waals surface area contributed by atoms with E-state index in [1.807, 2.05) is 27.8 Å². The van der Waals surface area contributed by atoms with Crippen LogP contribution >= 0.6 is 0 Å². The third-order valence-corrected chi connectivity index (χ3v) is 7.11. The van der Waals surface area contributed by atoms with Gasteiger partial charge in [0, 0.05) is 50.4 Å². The van der Waals surface area contributed by atoms with Crippen LogP contribution in [0.3, 0.4) is 0 Å². The van der Waals surface area contributed by atoms with Crippen LogP contribution in [0.5, 0.6) is 11.5 Å². The Labute approximate surface area is 205 Å². The van der Waals surface area contributed by atoms with Gasteiger partial charge in [0.15, 0.2) is 6.61 Å². The van der Waals surface area contributed by atoms with Crippen LogP contribution in [-0.2, 0) is 16.0 Å². The van der Waals surface area contributed by atoms with E-state index in [9.17, 15) is 14.4 Å². The first-order chi connectivity index (χ1) is 16.5. The maximum absolute atomic E-state index is 12.8. The molecule has 0 saturated carbocycles. The van der Waals surface area contributed by atoms with E-state index in [1.54, 1.807) is 24.9 Å². The SMILES string of the molecule is Cc1c(C)c2c(OCC(=O)N(C)CC(=O)N3CCN(C)CC3)cc3c(c2oc1=O)CCC(C)(C)O3. The summed E-state index contributed by atoms with van der Waals surface area (Å²) >= 11 is 0. The molecule has 0 atom stereocenters. The van der Waals surface area contributed by atoms with Gasteiger partial charge in [0.05, 0.1) is 11.9 Å². The molecule has 2 amide bonds. The van der Waals surface area contributed by atoms with E-state index in [0.717, 1.165) is 30.6 Å². The molecule has 1 fully saturated rings. The fourth-order valence-corrected chi connectivity index (χ4v) is 4.54. The molecule has 190 valence electrons. The number of carbonyl (C=O) groups is 2. The fraction of sp³-hybridized carbons (Fsp3) is 0.577. The van der Waals surface area contributed by atoms with Gasteiger partial charge >= 0.3 is 5.63 Å². The van der Waals surface area contributed by atoms with Crippen molar-refractivity contribution >= 4 is 22.8 Å². The Balaban J connectivity index is 1.54. The lowest BCUT2D eigenvalue weighted by Gasteiger charge is -2.33. The van der Waals surface area contributed by atoms with Crippen molar-refractivity contribution in [1.29, 1.82) is 0 Å². The first-order valence-electron chi connectivity index (χ1n) is 12.1. The summed E-state index contributed by atoms with van der Waals surface area (Å²) in [5, 5.41) is 0.674. The van der Waals surface area contributed by atoms with Crippen molar-refractivity contribution in [3.63, 3.8) is 0 Å². The predicted molar refractivity (Wildman–Crippen MR) is 132 cm³/mol. The van der Waals surface area contributed by atoms with Gasteiger partial charge in [-0.05, 0) is 53.1 Å². The smallest absolute Gasteiger partial charge is 0.339 e. The summed E-state index contributed by atoms with van der Waals surface area (Å²) in [7, 11) is 3.63. The zero-order valence-corrected chi connectivity index (χ0v) is 21.5. The third kappa shape index (κ3) is 5.15. The molecule has 1 aromatic carbocycles. The molecular formula is C26H35N3O6. The highest BCUT2D eigenvalue weighted by atomic mass is 16.5. The molecule has 0 bridgehead atoms. The van der Waals surface area contributed by atoms with Crippen molar-refractivity contribution in [2.24, 2.45) is 0 Å². The number of ether oxygens (including phenoxy) is 2.